The largest absolute Gasteiger partial charge is 0.467 e. The molecule has 2 aliphatic rings. The molecule has 0 bridgehead atoms. The summed E-state index contributed by atoms with van der Waals surface area (Å²) >= 11 is 0. The molecule has 5 rings (SSSR count). The first kappa shape index (κ1) is 23.1. The SMILES string of the molecule is COC(=O)C(NC(=O)c1cc(C2CC2)on1)C1CCN(C(=O)CCc2c[nH]c3ccccc23)CC1. The van der Waals surface area contributed by atoms with E-state index in [1.807, 2.05) is 29.3 Å². The van der Waals surface area contributed by atoms with Crippen LogP contribution in [-0.2, 0) is 20.7 Å². The highest BCUT2D eigenvalue weighted by atomic mass is 16.5. The summed E-state index contributed by atoms with van der Waals surface area (Å²) < 4.78 is 10.2. The number of methoxy groups -OCH3 is 1. The van der Waals surface area contributed by atoms with E-state index in [1.165, 1.54) is 7.11 Å². The van der Waals surface area contributed by atoms with Crippen LogP contribution in [0.4, 0.5) is 0 Å². The van der Waals surface area contributed by atoms with Gasteiger partial charge in [-0.2, -0.15) is 0 Å². The highest BCUT2D eigenvalue weighted by Crippen LogP contribution is 2.40. The number of amides is 2. The zero-order valence-corrected chi connectivity index (χ0v) is 19.8. The van der Waals surface area contributed by atoms with E-state index in [-0.39, 0.29) is 17.5 Å². The third-order valence-electron chi connectivity index (χ3n) is 7.13. The summed E-state index contributed by atoms with van der Waals surface area (Å²) in [5.74, 6) is 0.0885. The van der Waals surface area contributed by atoms with Gasteiger partial charge in [-0.25, -0.2) is 4.79 Å². The van der Waals surface area contributed by atoms with Crippen molar-refractivity contribution in [3.63, 3.8) is 0 Å². The summed E-state index contributed by atoms with van der Waals surface area (Å²) in [5, 5.41) is 7.80. The number of carbonyl (C=O) groups excluding carboxylic acids is 3. The number of nitrogens with zero attached hydrogens (tertiary/aromatic N) is 2. The number of fused-ring (bicyclic) bond motifs is 1. The Balaban J connectivity index is 1.15. The number of para-hydroxylation sites is 1. The van der Waals surface area contributed by atoms with Gasteiger partial charge in [0.15, 0.2) is 5.69 Å². The first-order chi connectivity index (χ1) is 17.0. The number of esters is 1. The molecule has 0 spiro atoms. The molecule has 184 valence electrons. The Morgan fingerprint density at radius 1 is 1.20 bits per heavy atom. The number of carbonyl (C=O) groups is 3. The third kappa shape index (κ3) is 5.08. The lowest BCUT2D eigenvalue weighted by Crippen LogP contribution is -2.50. The molecule has 9 nitrogen and oxygen atoms in total. The van der Waals surface area contributed by atoms with Crippen LogP contribution in [0.2, 0.25) is 0 Å². The number of hydrogen-bond acceptors (Lipinski definition) is 6. The summed E-state index contributed by atoms with van der Waals surface area (Å²) in [6.45, 7) is 1.08. The van der Waals surface area contributed by atoms with Gasteiger partial charge in [0.05, 0.1) is 7.11 Å². The molecule has 2 fully saturated rings. The molecule has 1 aliphatic heterocycles. The molecule has 2 N–H and O–H groups in total. The number of aromatic nitrogens is 2. The Morgan fingerprint density at radius 2 is 1.97 bits per heavy atom. The standard InChI is InChI=1S/C26H30N4O5/c1-34-26(33)24(28-25(32)21-14-22(35-29-21)16-6-7-16)17-10-12-30(13-11-17)23(31)9-8-18-15-27-20-5-3-2-4-19(18)20/h2-5,14-17,24,27H,6-13H2,1H3,(H,28,32). The average Bonchev–Trinajstić information content (AvgIpc) is 3.47. The summed E-state index contributed by atoms with van der Waals surface area (Å²) in [5.41, 5.74) is 2.38. The zero-order chi connectivity index (χ0) is 24.4. The Hall–Kier alpha value is -3.62. The zero-order valence-electron chi connectivity index (χ0n) is 19.8. The van der Waals surface area contributed by atoms with Gasteiger partial charge in [-0.15, -0.1) is 0 Å². The van der Waals surface area contributed by atoms with E-state index in [9.17, 15) is 14.4 Å². The number of aryl methyl sites for hydroxylation is 1. The van der Waals surface area contributed by atoms with E-state index in [2.05, 4.69) is 21.5 Å². The lowest BCUT2D eigenvalue weighted by atomic mass is 9.89. The van der Waals surface area contributed by atoms with Crippen molar-refractivity contribution in [1.29, 1.82) is 0 Å². The number of aromatic amines is 1. The average molecular weight is 479 g/mol. The quantitative estimate of drug-likeness (QED) is 0.480. The molecule has 1 saturated carbocycles. The maximum atomic E-state index is 12.9. The summed E-state index contributed by atoms with van der Waals surface area (Å²) in [6, 6.07) is 8.92. The van der Waals surface area contributed by atoms with E-state index in [0.717, 1.165) is 29.3 Å². The minimum atomic E-state index is -0.794. The van der Waals surface area contributed by atoms with E-state index in [0.29, 0.717) is 50.5 Å². The van der Waals surface area contributed by atoms with Crippen LogP contribution in [0, 0.1) is 5.92 Å². The maximum Gasteiger partial charge on any atom is 0.328 e. The molecule has 2 aromatic heterocycles. The number of likely N-dealkylation sites (tertiary alicyclic amines) is 1. The van der Waals surface area contributed by atoms with Gasteiger partial charge in [0.2, 0.25) is 5.91 Å². The number of rotatable bonds is 8. The highest BCUT2D eigenvalue weighted by Gasteiger charge is 2.36. The van der Waals surface area contributed by atoms with Gasteiger partial charge in [-0.3, -0.25) is 9.59 Å². The van der Waals surface area contributed by atoms with E-state index in [4.69, 9.17) is 9.26 Å². The summed E-state index contributed by atoms with van der Waals surface area (Å²) in [6.07, 6.45) is 6.36. The Kier molecular flexibility index (Phi) is 6.57. The van der Waals surface area contributed by atoms with Crippen molar-refractivity contribution in [3.8, 4) is 0 Å². The molecule has 3 heterocycles. The van der Waals surface area contributed by atoms with Crippen molar-refractivity contribution < 1.29 is 23.6 Å². The summed E-state index contributed by atoms with van der Waals surface area (Å²) in [4.78, 5) is 43.2. The second-order valence-electron chi connectivity index (χ2n) is 9.44. The predicted octanol–water partition coefficient (Wildman–Crippen LogP) is 3.18. The monoisotopic (exact) mass is 478 g/mol. The first-order valence-corrected chi connectivity index (χ1v) is 12.2. The second kappa shape index (κ2) is 9.93. The molecule has 1 aromatic carbocycles. The Morgan fingerprint density at radius 3 is 2.71 bits per heavy atom. The lowest BCUT2D eigenvalue weighted by Gasteiger charge is -2.35. The van der Waals surface area contributed by atoms with E-state index in [1.54, 1.807) is 6.07 Å². The second-order valence-corrected chi connectivity index (χ2v) is 9.44. The van der Waals surface area contributed by atoms with Crippen molar-refractivity contribution >= 4 is 28.7 Å². The van der Waals surface area contributed by atoms with Crippen molar-refractivity contribution in [2.75, 3.05) is 20.2 Å². The van der Waals surface area contributed by atoms with Crippen molar-refractivity contribution in [3.05, 3.63) is 53.5 Å². The molecular formula is C26H30N4O5. The molecule has 2 amide bonds. The van der Waals surface area contributed by atoms with Crippen LogP contribution in [0.5, 0.6) is 0 Å². The van der Waals surface area contributed by atoms with Gasteiger partial charge in [0.25, 0.3) is 5.91 Å². The van der Waals surface area contributed by atoms with Crippen LogP contribution >= 0.6 is 0 Å². The van der Waals surface area contributed by atoms with Crippen LogP contribution in [0.15, 0.2) is 41.1 Å². The maximum absolute atomic E-state index is 12.9. The number of hydrogen-bond donors (Lipinski definition) is 2. The van der Waals surface area contributed by atoms with Crippen molar-refractivity contribution in [2.24, 2.45) is 5.92 Å². The number of ether oxygens (including phenoxy) is 1. The van der Waals surface area contributed by atoms with Crippen LogP contribution in [0.1, 0.15) is 59.8 Å². The number of H-pyrrole nitrogens is 1. The number of nitrogens with one attached hydrogen (secondary N) is 2. The molecule has 1 saturated heterocycles. The van der Waals surface area contributed by atoms with E-state index < -0.39 is 17.9 Å². The smallest absolute Gasteiger partial charge is 0.328 e. The van der Waals surface area contributed by atoms with Crippen LogP contribution in [-0.4, -0.2) is 59.1 Å². The summed E-state index contributed by atoms with van der Waals surface area (Å²) in [7, 11) is 1.31. The van der Waals surface area contributed by atoms with Crippen molar-refractivity contribution in [1.82, 2.24) is 20.4 Å². The minimum absolute atomic E-state index is 0.0996. The lowest BCUT2D eigenvalue weighted by molar-refractivity contribution is -0.145. The Labute approximate surface area is 203 Å². The van der Waals surface area contributed by atoms with Crippen LogP contribution in [0.25, 0.3) is 10.9 Å². The van der Waals surface area contributed by atoms with Gasteiger partial charge in [-0.05, 0) is 49.7 Å². The van der Waals surface area contributed by atoms with Crippen LogP contribution < -0.4 is 5.32 Å². The van der Waals surface area contributed by atoms with Crippen LogP contribution in [0.3, 0.4) is 0 Å². The van der Waals surface area contributed by atoms with Crippen molar-refractivity contribution in [2.45, 2.75) is 50.5 Å². The number of benzene rings is 1. The molecule has 1 atom stereocenters. The highest BCUT2D eigenvalue weighted by molar-refractivity contribution is 5.95. The molecular weight excluding hydrogens is 448 g/mol. The van der Waals surface area contributed by atoms with Gasteiger partial charge in [0, 0.05) is 48.6 Å². The first-order valence-electron chi connectivity index (χ1n) is 12.2. The van der Waals surface area contributed by atoms with Gasteiger partial charge in [-0.1, -0.05) is 23.4 Å². The minimum Gasteiger partial charge on any atom is -0.467 e. The molecule has 1 aliphatic carbocycles. The molecule has 9 heteroatoms. The molecule has 0 radical (unpaired) electrons. The van der Waals surface area contributed by atoms with E-state index >= 15 is 0 Å². The molecule has 1 unspecified atom stereocenters. The molecule has 35 heavy (non-hydrogen) atoms. The molecule has 3 aromatic rings. The van der Waals surface area contributed by atoms with Gasteiger partial charge >= 0.3 is 5.97 Å². The topological polar surface area (TPSA) is 118 Å². The fourth-order valence-electron chi connectivity index (χ4n) is 4.89. The fourth-order valence-corrected chi connectivity index (χ4v) is 4.89. The number of piperidine rings is 1. The van der Waals surface area contributed by atoms with Gasteiger partial charge < -0.3 is 24.5 Å². The Bertz CT molecular complexity index is 1220. The third-order valence-corrected chi connectivity index (χ3v) is 7.13. The predicted molar refractivity (Wildman–Crippen MR) is 128 cm³/mol. The normalized spacial score (nSPS) is 17.3. The van der Waals surface area contributed by atoms with Gasteiger partial charge in [0.1, 0.15) is 11.8 Å². The fraction of sp³-hybridized carbons (Fsp3) is 0.462.